The summed E-state index contributed by atoms with van der Waals surface area (Å²) in [5.41, 5.74) is 0.104. The van der Waals surface area contributed by atoms with Gasteiger partial charge in [-0.15, -0.1) is 0 Å². The number of nitrogens with one attached hydrogen (secondary N) is 2. The van der Waals surface area contributed by atoms with E-state index in [2.05, 4.69) is 9.97 Å². The maximum atomic E-state index is 13.9. The van der Waals surface area contributed by atoms with Gasteiger partial charge in [-0.1, -0.05) is 0 Å². The lowest BCUT2D eigenvalue weighted by Gasteiger charge is -2.19. The zero-order chi connectivity index (χ0) is 16.4. The number of carbonyl (C=O) groups is 1. The Morgan fingerprint density at radius 2 is 2.13 bits per heavy atom. The molecule has 1 fully saturated rings. The van der Waals surface area contributed by atoms with Gasteiger partial charge in [-0.25, -0.2) is 13.6 Å². The molecule has 1 aromatic heterocycles. The van der Waals surface area contributed by atoms with Crippen molar-refractivity contribution in [2.75, 3.05) is 18.8 Å². The number of hydrogen-bond acceptors (Lipinski definition) is 3. The number of imidazole rings is 1. The third kappa shape index (κ3) is 3.47. The fourth-order valence-electron chi connectivity index (χ4n) is 2.60. The lowest BCUT2D eigenvalue weighted by atomic mass is 10.1. The Balaban J connectivity index is 1.73. The van der Waals surface area contributed by atoms with E-state index in [0.717, 1.165) is 12.1 Å². The number of thioether (sulfide) groups is 1. The number of amides is 1. The summed E-state index contributed by atoms with van der Waals surface area (Å²) in [4.78, 5) is 29.9. The third-order valence-electron chi connectivity index (χ3n) is 3.76. The van der Waals surface area contributed by atoms with E-state index in [-0.39, 0.29) is 16.9 Å². The highest BCUT2D eigenvalue weighted by atomic mass is 32.2. The predicted octanol–water partition coefficient (Wildman–Crippen LogP) is 2.30. The molecule has 1 amide bonds. The average molecular weight is 339 g/mol. The molecule has 0 saturated carbocycles. The summed E-state index contributed by atoms with van der Waals surface area (Å²) in [7, 11) is 0. The molecule has 23 heavy (non-hydrogen) atoms. The maximum absolute atomic E-state index is 13.9. The van der Waals surface area contributed by atoms with Crippen molar-refractivity contribution in [2.24, 2.45) is 0 Å². The van der Waals surface area contributed by atoms with Gasteiger partial charge in [0.05, 0.1) is 0 Å². The topological polar surface area (TPSA) is 69.0 Å². The molecule has 0 aliphatic carbocycles. The molecule has 1 aliphatic heterocycles. The van der Waals surface area contributed by atoms with Crippen LogP contribution in [0.3, 0.4) is 0 Å². The van der Waals surface area contributed by atoms with Crippen molar-refractivity contribution in [2.45, 2.75) is 11.7 Å². The molecule has 0 spiro atoms. The van der Waals surface area contributed by atoms with Gasteiger partial charge in [0, 0.05) is 35.9 Å². The van der Waals surface area contributed by atoms with Crippen molar-refractivity contribution in [1.82, 2.24) is 14.9 Å². The fraction of sp³-hybridized carbons (Fsp3) is 0.333. The first-order valence-electron chi connectivity index (χ1n) is 7.18. The molecular weight excluding hydrogens is 324 g/mol. The van der Waals surface area contributed by atoms with E-state index in [1.807, 2.05) is 0 Å². The predicted molar refractivity (Wildman–Crippen MR) is 83.5 cm³/mol. The minimum Gasteiger partial charge on any atom is -0.336 e. The monoisotopic (exact) mass is 339 g/mol. The number of halogens is 2. The second-order valence-electron chi connectivity index (χ2n) is 5.26. The van der Waals surface area contributed by atoms with Crippen LogP contribution in [0.2, 0.25) is 0 Å². The summed E-state index contributed by atoms with van der Waals surface area (Å²) < 4.78 is 27.3. The molecule has 0 radical (unpaired) electrons. The Bertz CT molecular complexity index is 774. The van der Waals surface area contributed by atoms with Crippen LogP contribution in [0.5, 0.6) is 0 Å². The van der Waals surface area contributed by atoms with Crippen LogP contribution in [0, 0.1) is 11.6 Å². The standard InChI is InChI=1S/C15H15F2N3O2S/c16-9-1-2-11(17)10(7-9)13-3-4-20(5-6-23-13)14(21)12-8-18-15(22)19-12/h1-2,7-8,13H,3-6H2,(H2,18,19,22)/t13-/m1/s1. The van der Waals surface area contributed by atoms with Crippen LogP contribution >= 0.6 is 11.8 Å². The number of hydrogen-bond donors (Lipinski definition) is 2. The summed E-state index contributed by atoms with van der Waals surface area (Å²) in [5.74, 6) is -0.562. The van der Waals surface area contributed by atoms with Gasteiger partial charge in [-0.2, -0.15) is 11.8 Å². The van der Waals surface area contributed by atoms with Crippen molar-refractivity contribution in [3.05, 3.63) is 57.8 Å². The molecule has 8 heteroatoms. The third-order valence-corrected chi connectivity index (χ3v) is 5.07. The Morgan fingerprint density at radius 3 is 2.87 bits per heavy atom. The molecular formula is C15H15F2N3O2S. The molecule has 2 aromatic rings. The number of nitrogens with zero attached hydrogens (tertiary/aromatic N) is 1. The Hall–Kier alpha value is -2.09. The van der Waals surface area contributed by atoms with Crippen LogP contribution < -0.4 is 5.69 Å². The van der Waals surface area contributed by atoms with Crippen LogP contribution in [-0.2, 0) is 0 Å². The highest BCUT2D eigenvalue weighted by Crippen LogP contribution is 2.36. The highest BCUT2D eigenvalue weighted by molar-refractivity contribution is 7.99. The molecule has 2 heterocycles. The Kier molecular flexibility index (Phi) is 4.51. The first-order valence-corrected chi connectivity index (χ1v) is 8.23. The van der Waals surface area contributed by atoms with E-state index < -0.39 is 17.3 Å². The van der Waals surface area contributed by atoms with Crippen LogP contribution in [0.15, 0.2) is 29.2 Å². The molecule has 0 bridgehead atoms. The van der Waals surface area contributed by atoms with Gasteiger partial charge in [-0.3, -0.25) is 4.79 Å². The van der Waals surface area contributed by atoms with Gasteiger partial charge in [-0.05, 0) is 24.6 Å². The fourth-order valence-corrected chi connectivity index (χ4v) is 3.84. The largest absolute Gasteiger partial charge is 0.336 e. The van der Waals surface area contributed by atoms with Gasteiger partial charge in [0.1, 0.15) is 17.3 Å². The van der Waals surface area contributed by atoms with E-state index in [9.17, 15) is 18.4 Å². The summed E-state index contributed by atoms with van der Waals surface area (Å²) in [6.45, 7) is 0.907. The van der Waals surface area contributed by atoms with Gasteiger partial charge in [0.2, 0.25) is 0 Å². The summed E-state index contributed by atoms with van der Waals surface area (Å²) in [5, 5.41) is -0.200. The molecule has 1 atom stereocenters. The van der Waals surface area contributed by atoms with E-state index in [1.165, 1.54) is 24.0 Å². The van der Waals surface area contributed by atoms with Crippen LogP contribution in [0.1, 0.15) is 27.7 Å². The molecule has 1 aromatic carbocycles. The van der Waals surface area contributed by atoms with Crippen LogP contribution in [-0.4, -0.2) is 39.6 Å². The Labute approximate surface area is 135 Å². The first kappa shape index (κ1) is 15.8. The zero-order valence-corrected chi connectivity index (χ0v) is 13.0. The number of aromatic amines is 2. The molecule has 0 unspecified atom stereocenters. The SMILES string of the molecule is O=C(c1c[nH]c(=O)[nH]1)N1CCS[C@@H](c2cc(F)ccc2F)CC1. The first-order chi connectivity index (χ1) is 11.0. The smallest absolute Gasteiger partial charge is 0.323 e. The average Bonchev–Trinajstić information content (AvgIpc) is 2.82. The van der Waals surface area contributed by atoms with Crippen molar-refractivity contribution in [1.29, 1.82) is 0 Å². The molecule has 122 valence electrons. The minimum absolute atomic E-state index is 0.200. The van der Waals surface area contributed by atoms with Gasteiger partial charge in [0.25, 0.3) is 5.91 Å². The van der Waals surface area contributed by atoms with Crippen molar-refractivity contribution in [3.8, 4) is 0 Å². The molecule has 1 saturated heterocycles. The quantitative estimate of drug-likeness (QED) is 0.882. The summed E-state index contributed by atoms with van der Waals surface area (Å²) >= 11 is 1.50. The molecule has 3 rings (SSSR count). The van der Waals surface area contributed by atoms with E-state index >= 15 is 0 Å². The second-order valence-corrected chi connectivity index (χ2v) is 6.57. The number of aromatic nitrogens is 2. The van der Waals surface area contributed by atoms with Crippen molar-refractivity contribution < 1.29 is 13.6 Å². The molecule has 5 nitrogen and oxygen atoms in total. The summed E-state index contributed by atoms with van der Waals surface area (Å²) in [6, 6.07) is 3.44. The number of H-pyrrole nitrogens is 2. The van der Waals surface area contributed by atoms with Gasteiger partial charge < -0.3 is 14.9 Å². The van der Waals surface area contributed by atoms with Crippen LogP contribution in [0.25, 0.3) is 0 Å². The van der Waals surface area contributed by atoms with Crippen molar-refractivity contribution in [3.63, 3.8) is 0 Å². The normalized spacial score (nSPS) is 18.7. The number of benzene rings is 1. The minimum atomic E-state index is -0.468. The molecule has 1 aliphatic rings. The maximum Gasteiger partial charge on any atom is 0.323 e. The lowest BCUT2D eigenvalue weighted by Crippen LogP contribution is -2.33. The number of rotatable bonds is 2. The van der Waals surface area contributed by atoms with Gasteiger partial charge >= 0.3 is 5.69 Å². The van der Waals surface area contributed by atoms with E-state index in [1.54, 1.807) is 4.90 Å². The second kappa shape index (κ2) is 6.57. The van der Waals surface area contributed by atoms with Gasteiger partial charge in [0.15, 0.2) is 0 Å². The summed E-state index contributed by atoms with van der Waals surface area (Å²) in [6.07, 6.45) is 1.86. The zero-order valence-electron chi connectivity index (χ0n) is 12.1. The van der Waals surface area contributed by atoms with E-state index in [0.29, 0.717) is 30.8 Å². The van der Waals surface area contributed by atoms with Crippen molar-refractivity contribution >= 4 is 17.7 Å². The molecule has 2 N–H and O–H groups in total. The lowest BCUT2D eigenvalue weighted by molar-refractivity contribution is 0.0761. The van der Waals surface area contributed by atoms with Crippen LogP contribution in [0.4, 0.5) is 8.78 Å². The Morgan fingerprint density at radius 1 is 1.30 bits per heavy atom. The van der Waals surface area contributed by atoms with E-state index in [4.69, 9.17) is 0 Å². The highest BCUT2D eigenvalue weighted by Gasteiger charge is 2.25. The number of carbonyl (C=O) groups excluding carboxylic acids is 1.